The lowest BCUT2D eigenvalue weighted by Gasteiger charge is -2.26. The molecule has 1 unspecified atom stereocenters. The average Bonchev–Trinajstić information content (AvgIpc) is 2.59. The summed E-state index contributed by atoms with van der Waals surface area (Å²) >= 11 is 0. The predicted molar refractivity (Wildman–Crippen MR) is 75.6 cm³/mol. The molecule has 1 atom stereocenters. The Morgan fingerprint density at radius 3 is 2.79 bits per heavy atom. The summed E-state index contributed by atoms with van der Waals surface area (Å²) in [5, 5.41) is 22.1. The fourth-order valence-corrected chi connectivity index (χ4v) is 2.52. The lowest BCUT2D eigenvalue weighted by Crippen LogP contribution is -2.30. The zero-order valence-electron chi connectivity index (χ0n) is 11.2. The van der Waals surface area contributed by atoms with E-state index < -0.39 is 5.60 Å². The van der Waals surface area contributed by atoms with E-state index in [1.165, 1.54) is 0 Å². The van der Waals surface area contributed by atoms with Gasteiger partial charge in [-0.05, 0) is 38.3 Å². The van der Waals surface area contributed by atoms with Crippen LogP contribution in [-0.4, -0.2) is 34.8 Å². The van der Waals surface area contributed by atoms with Crippen molar-refractivity contribution < 1.29 is 10.3 Å². The number of aliphatic hydroxyl groups is 1. The molecule has 0 aromatic heterocycles. The van der Waals surface area contributed by atoms with Crippen LogP contribution in [-0.2, 0) is 0 Å². The first-order chi connectivity index (χ1) is 9.03. The van der Waals surface area contributed by atoms with E-state index in [1.54, 1.807) is 0 Å². The van der Waals surface area contributed by atoms with Crippen molar-refractivity contribution >= 4 is 11.5 Å². The van der Waals surface area contributed by atoms with Gasteiger partial charge in [-0.3, -0.25) is 0 Å². The molecule has 104 valence electrons. The van der Waals surface area contributed by atoms with E-state index in [1.807, 2.05) is 31.2 Å². The third kappa shape index (κ3) is 3.17. The maximum absolute atomic E-state index is 10.1. The van der Waals surface area contributed by atoms with Gasteiger partial charge in [-0.25, -0.2) is 0 Å². The molecule has 1 fully saturated rings. The van der Waals surface area contributed by atoms with E-state index in [4.69, 9.17) is 10.9 Å². The third-order valence-electron chi connectivity index (χ3n) is 3.69. The first-order valence-corrected chi connectivity index (χ1v) is 6.58. The van der Waals surface area contributed by atoms with Crippen LogP contribution in [0.3, 0.4) is 0 Å². The molecule has 0 bridgehead atoms. The number of nitrogens with zero attached hydrogens (tertiary/aromatic N) is 2. The molecule has 1 aliphatic heterocycles. The number of nitrogens with two attached hydrogens (primary N) is 1. The topological polar surface area (TPSA) is 82.1 Å². The smallest absolute Gasteiger partial charge is 0.172 e. The first kappa shape index (κ1) is 13.7. The van der Waals surface area contributed by atoms with Crippen LogP contribution in [0, 0.1) is 0 Å². The zero-order valence-corrected chi connectivity index (χ0v) is 11.2. The molecule has 0 saturated carbocycles. The number of amidine groups is 1. The normalized spacial score (nSPS) is 25.2. The van der Waals surface area contributed by atoms with Gasteiger partial charge in [0, 0.05) is 24.3 Å². The number of benzene rings is 1. The maximum Gasteiger partial charge on any atom is 0.172 e. The number of hydrogen-bond donors (Lipinski definition) is 3. The van der Waals surface area contributed by atoms with Crippen LogP contribution in [0.1, 0.15) is 31.7 Å². The first-order valence-electron chi connectivity index (χ1n) is 6.58. The lowest BCUT2D eigenvalue weighted by molar-refractivity contribution is 0.0481. The summed E-state index contributed by atoms with van der Waals surface area (Å²) < 4.78 is 0. The molecule has 0 radical (unpaired) electrons. The minimum absolute atomic E-state index is 0.117. The van der Waals surface area contributed by atoms with Crippen molar-refractivity contribution in [2.75, 3.05) is 18.0 Å². The molecule has 0 spiro atoms. The molecular formula is C14H21N3O2. The van der Waals surface area contributed by atoms with Crippen molar-refractivity contribution in [1.29, 1.82) is 0 Å². The molecule has 0 amide bonds. The standard InChI is InChI=1S/C14H21N3O2/c1-14(18)7-4-9-17(10-8-14)12-6-3-2-5-11(12)13(15)16-19/h2-3,5-6,18-19H,4,7-10H2,1H3,(H2,15,16). The largest absolute Gasteiger partial charge is 0.409 e. The SMILES string of the molecule is CC1(O)CCCN(c2ccccc2/C(N)=N/O)CC1. The Morgan fingerprint density at radius 1 is 1.32 bits per heavy atom. The molecular weight excluding hydrogens is 242 g/mol. The molecule has 1 aromatic carbocycles. The van der Waals surface area contributed by atoms with Crippen LogP contribution in [0.5, 0.6) is 0 Å². The van der Waals surface area contributed by atoms with Gasteiger partial charge in [-0.1, -0.05) is 17.3 Å². The van der Waals surface area contributed by atoms with E-state index in [2.05, 4.69) is 10.1 Å². The van der Waals surface area contributed by atoms with Gasteiger partial charge in [0.15, 0.2) is 5.84 Å². The van der Waals surface area contributed by atoms with Crippen LogP contribution in [0.2, 0.25) is 0 Å². The summed E-state index contributed by atoms with van der Waals surface area (Å²) in [6.45, 7) is 3.51. The van der Waals surface area contributed by atoms with Crippen molar-refractivity contribution in [3.63, 3.8) is 0 Å². The van der Waals surface area contributed by atoms with Gasteiger partial charge in [0.25, 0.3) is 0 Å². The number of hydrogen-bond acceptors (Lipinski definition) is 4. The van der Waals surface area contributed by atoms with Gasteiger partial charge < -0.3 is 20.9 Å². The Morgan fingerprint density at radius 2 is 2.05 bits per heavy atom. The summed E-state index contributed by atoms with van der Waals surface area (Å²) in [5.74, 6) is 0.117. The Bertz CT molecular complexity index is 472. The molecule has 5 nitrogen and oxygen atoms in total. The van der Waals surface area contributed by atoms with E-state index in [0.717, 1.165) is 43.6 Å². The van der Waals surface area contributed by atoms with Gasteiger partial charge in [0.05, 0.1) is 5.60 Å². The summed E-state index contributed by atoms with van der Waals surface area (Å²) in [6.07, 6.45) is 2.45. The molecule has 2 rings (SSSR count). The second kappa shape index (κ2) is 5.48. The maximum atomic E-state index is 10.1. The molecule has 1 saturated heterocycles. The number of para-hydroxylation sites is 1. The summed E-state index contributed by atoms with van der Waals surface area (Å²) in [7, 11) is 0. The minimum Gasteiger partial charge on any atom is -0.409 e. The Balaban J connectivity index is 2.27. The van der Waals surface area contributed by atoms with E-state index in [0.29, 0.717) is 0 Å². The fraction of sp³-hybridized carbons (Fsp3) is 0.500. The molecule has 19 heavy (non-hydrogen) atoms. The molecule has 1 heterocycles. The number of anilines is 1. The van der Waals surface area contributed by atoms with Crippen molar-refractivity contribution in [2.45, 2.75) is 31.8 Å². The highest BCUT2D eigenvalue weighted by atomic mass is 16.4. The van der Waals surface area contributed by atoms with Crippen molar-refractivity contribution in [3.05, 3.63) is 29.8 Å². The van der Waals surface area contributed by atoms with Gasteiger partial charge in [-0.15, -0.1) is 0 Å². The molecule has 4 N–H and O–H groups in total. The van der Waals surface area contributed by atoms with Gasteiger partial charge >= 0.3 is 0 Å². The highest BCUT2D eigenvalue weighted by Crippen LogP contribution is 2.27. The molecule has 1 aliphatic rings. The van der Waals surface area contributed by atoms with Crippen molar-refractivity contribution in [2.24, 2.45) is 10.9 Å². The Kier molecular flexibility index (Phi) is 3.95. The van der Waals surface area contributed by atoms with Gasteiger partial charge in [-0.2, -0.15) is 0 Å². The monoisotopic (exact) mass is 263 g/mol. The minimum atomic E-state index is -0.597. The van der Waals surface area contributed by atoms with Crippen molar-refractivity contribution in [3.8, 4) is 0 Å². The van der Waals surface area contributed by atoms with Crippen LogP contribution < -0.4 is 10.6 Å². The van der Waals surface area contributed by atoms with Gasteiger partial charge in [0.2, 0.25) is 0 Å². The van der Waals surface area contributed by atoms with Crippen LogP contribution in [0.4, 0.5) is 5.69 Å². The molecule has 5 heteroatoms. The third-order valence-corrected chi connectivity index (χ3v) is 3.69. The van der Waals surface area contributed by atoms with Crippen LogP contribution in [0.25, 0.3) is 0 Å². The average molecular weight is 263 g/mol. The van der Waals surface area contributed by atoms with Crippen LogP contribution in [0.15, 0.2) is 29.4 Å². The molecule has 1 aromatic rings. The summed E-state index contributed by atoms with van der Waals surface area (Å²) in [5.41, 5.74) is 6.80. The second-order valence-electron chi connectivity index (χ2n) is 5.34. The number of oxime groups is 1. The quantitative estimate of drug-likeness (QED) is 0.327. The summed E-state index contributed by atoms with van der Waals surface area (Å²) in [4.78, 5) is 2.19. The molecule has 0 aliphatic carbocycles. The Labute approximate surface area is 113 Å². The highest BCUT2D eigenvalue weighted by molar-refractivity contribution is 6.02. The van der Waals surface area contributed by atoms with E-state index >= 15 is 0 Å². The lowest BCUT2D eigenvalue weighted by atomic mass is 9.98. The predicted octanol–water partition coefficient (Wildman–Crippen LogP) is 1.52. The van der Waals surface area contributed by atoms with Gasteiger partial charge in [0.1, 0.15) is 0 Å². The zero-order chi connectivity index (χ0) is 13.9. The van der Waals surface area contributed by atoms with Crippen molar-refractivity contribution in [1.82, 2.24) is 0 Å². The highest BCUT2D eigenvalue weighted by Gasteiger charge is 2.26. The Hall–Kier alpha value is -1.75. The second-order valence-corrected chi connectivity index (χ2v) is 5.34. The number of rotatable bonds is 2. The fourth-order valence-electron chi connectivity index (χ4n) is 2.52. The summed E-state index contributed by atoms with van der Waals surface area (Å²) in [6, 6.07) is 7.61. The van der Waals surface area contributed by atoms with E-state index in [-0.39, 0.29) is 5.84 Å². The van der Waals surface area contributed by atoms with Crippen LogP contribution >= 0.6 is 0 Å². The van der Waals surface area contributed by atoms with E-state index in [9.17, 15) is 5.11 Å².